The van der Waals surface area contributed by atoms with E-state index in [9.17, 15) is 4.39 Å². The van der Waals surface area contributed by atoms with E-state index in [2.05, 4.69) is 37.3 Å². The monoisotopic (exact) mass is 441 g/mol. The molecule has 0 spiro atoms. The quantitative estimate of drug-likeness (QED) is 0.357. The van der Waals surface area contributed by atoms with Gasteiger partial charge in [-0.15, -0.1) is 12.6 Å². The summed E-state index contributed by atoms with van der Waals surface area (Å²) in [6.07, 6.45) is 2.63. The minimum atomic E-state index is -0.409. The number of thiol groups is 1. The standard InChI is InChI=1S/C21H20FN5OS2/c1-12-8-16(27-30)10-18-20(12)21(25-11-24-18)26-17-5-4-15(22)9-19(17)28-14(3)13(2)23-6-7-29/h4-11,14,29H,1-3H3,(H,24,25,26)/b7-6-,23-13?. The molecule has 3 aromatic rings. The molecular formula is C21H20FN5OS2. The number of nitrogens with zero attached hydrogens (tertiary/aromatic N) is 4. The van der Waals surface area contributed by atoms with Crippen LogP contribution in [0.1, 0.15) is 19.4 Å². The third kappa shape index (κ3) is 4.98. The Bertz CT molecular complexity index is 1150. The molecule has 1 aromatic heterocycles. The molecule has 0 aliphatic carbocycles. The first-order valence-electron chi connectivity index (χ1n) is 9.08. The normalized spacial score (nSPS) is 12.9. The fraction of sp³-hybridized carbons (Fsp3) is 0.190. The summed E-state index contributed by atoms with van der Waals surface area (Å²) in [6, 6.07) is 7.94. The van der Waals surface area contributed by atoms with Crippen molar-refractivity contribution >= 4 is 58.9 Å². The highest BCUT2D eigenvalue weighted by Gasteiger charge is 2.15. The fourth-order valence-corrected chi connectivity index (χ4v) is 3.05. The molecular weight excluding hydrogens is 421 g/mol. The van der Waals surface area contributed by atoms with E-state index < -0.39 is 5.82 Å². The maximum absolute atomic E-state index is 13.9. The van der Waals surface area contributed by atoms with Gasteiger partial charge in [-0.25, -0.2) is 14.4 Å². The number of nitrogens with one attached hydrogen (secondary N) is 1. The number of benzene rings is 2. The van der Waals surface area contributed by atoms with Gasteiger partial charge in [0.05, 0.1) is 22.6 Å². The first kappa shape index (κ1) is 21.8. The highest BCUT2D eigenvalue weighted by atomic mass is 32.1. The van der Waals surface area contributed by atoms with E-state index in [-0.39, 0.29) is 6.10 Å². The highest BCUT2D eigenvalue weighted by Crippen LogP contribution is 2.33. The van der Waals surface area contributed by atoms with Crippen molar-refractivity contribution in [2.45, 2.75) is 26.9 Å². The van der Waals surface area contributed by atoms with Gasteiger partial charge in [-0.1, -0.05) is 0 Å². The number of halogens is 1. The summed E-state index contributed by atoms with van der Waals surface area (Å²) in [4.78, 5) is 12.9. The second-order valence-electron chi connectivity index (χ2n) is 6.56. The number of ether oxygens (including phenoxy) is 1. The van der Waals surface area contributed by atoms with Gasteiger partial charge in [-0.05, 0) is 56.0 Å². The van der Waals surface area contributed by atoms with E-state index in [0.29, 0.717) is 28.5 Å². The van der Waals surface area contributed by atoms with Crippen LogP contribution in [0.3, 0.4) is 0 Å². The topological polar surface area (TPSA) is 71.8 Å². The Kier molecular flexibility index (Phi) is 7.07. The van der Waals surface area contributed by atoms with Crippen LogP contribution in [0.25, 0.3) is 10.9 Å². The predicted molar refractivity (Wildman–Crippen MR) is 125 cm³/mol. The van der Waals surface area contributed by atoms with Gasteiger partial charge in [0.1, 0.15) is 29.8 Å². The summed E-state index contributed by atoms with van der Waals surface area (Å²) < 4.78 is 23.7. The molecule has 0 saturated carbocycles. The summed E-state index contributed by atoms with van der Waals surface area (Å²) in [5, 5.41) is 5.59. The number of rotatable bonds is 7. The number of aryl methyl sites for hydroxylation is 1. The maximum Gasteiger partial charge on any atom is 0.146 e. The van der Waals surface area contributed by atoms with E-state index >= 15 is 0 Å². The largest absolute Gasteiger partial charge is 0.482 e. The zero-order chi connectivity index (χ0) is 21.7. The van der Waals surface area contributed by atoms with Gasteiger partial charge in [0.2, 0.25) is 0 Å². The minimum absolute atomic E-state index is 0.341. The number of anilines is 2. The van der Waals surface area contributed by atoms with Crippen LogP contribution < -0.4 is 10.1 Å². The van der Waals surface area contributed by atoms with E-state index in [0.717, 1.165) is 16.7 Å². The van der Waals surface area contributed by atoms with E-state index in [1.165, 1.54) is 23.9 Å². The van der Waals surface area contributed by atoms with Gasteiger partial charge in [-0.2, -0.15) is 4.36 Å². The van der Waals surface area contributed by atoms with Gasteiger partial charge in [-0.3, -0.25) is 4.99 Å². The van der Waals surface area contributed by atoms with Crippen LogP contribution in [0.5, 0.6) is 5.75 Å². The number of aromatic nitrogens is 2. The van der Waals surface area contributed by atoms with Crippen LogP contribution in [-0.4, -0.2) is 21.8 Å². The van der Waals surface area contributed by atoms with E-state index in [1.807, 2.05) is 26.8 Å². The lowest BCUT2D eigenvalue weighted by Gasteiger charge is -2.18. The maximum atomic E-state index is 13.9. The average molecular weight is 442 g/mol. The molecule has 0 aliphatic rings. The lowest BCUT2D eigenvalue weighted by atomic mass is 10.1. The molecule has 2 aromatic carbocycles. The Morgan fingerprint density at radius 1 is 1.30 bits per heavy atom. The van der Waals surface area contributed by atoms with Crippen molar-refractivity contribution in [1.29, 1.82) is 0 Å². The lowest BCUT2D eigenvalue weighted by molar-refractivity contribution is 0.286. The van der Waals surface area contributed by atoms with Crippen molar-refractivity contribution in [2.24, 2.45) is 9.36 Å². The van der Waals surface area contributed by atoms with Crippen molar-refractivity contribution in [3.63, 3.8) is 0 Å². The molecule has 0 saturated heterocycles. The second-order valence-corrected chi connectivity index (χ2v) is 7.05. The Balaban J connectivity index is 1.99. The summed E-state index contributed by atoms with van der Waals surface area (Å²) >= 11 is 8.78. The summed E-state index contributed by atoms with van der Waals surface area (Å²) in [5.74, 6) is 0.502. The molecule has 1 atom stereocenters. The number of hydrogen-bond acceptors (Lipinski definition) is 8. The Morgan fingerprint density at radius 2 is 2.10 bits per heavy atom. The zero-order valence-corrected chi connectivity index (χ0v) is 18.3. The molecule has 1 unspecified atom stereocenters. The van der Waals surface area contributed by atoms with Gasteiger partial charge >= 0.3 is 0 Å². The average Bonchev–Trinajstić information content (AvgIpc) is 2.73. The predicted octanol–water partition coefficient (Wildman–Crippen LogP) is 5.81. The van der Waals surface area contributed by atoms with Crippen LogP contribution in [0, 0.1) is 12.7 Å². The third-order valence-electron chi connectivity index (χ3n) is 4.46. The molecule has 30 heavy (non-hydrogen) atoms. The summed E-state index contributed by atoms with van der Waals surface area (Å²) in [7, 11) is 0. The zero-order valence-electron chi connectivity index (χ0n) is 16.6. The van der Waals surface area contributed by atoms with Gasteiger partial charge in [0.25, 0.3) is 0 Å². The van der Waals surface area contributed by atoms with Crippen LogP contribution >= 0.6 is 12.6 Å². The van der Waals surface area contributed by atoms with Crippen LogP contribution in [-0.2, 0) is 12.4 Å². The number of fused-ring (bicyclic) bond motifs is 1. The molecule has 6 nitrogen and oxygen atoms in total. The number of hydrogen-bond donors (Lipinski definition) is 2. The van der Waals surface area contributed by atoms with Gasteiger partial charge in [0.15, 0.2) is 0 Å². The number of aliphatic imine (C=N–C) groups is 1. The molecule has 3 rings (SSSR count). The summed E-state index contributed by atoms with van der Waals surface area (Å²) in [5.41, 5.74) is 3.56. The summed E-state index contributed by atoms with van der Waals surface area (Å²) in [6.45, 7) is 5.59. The molecule has 0 aliphatic heterocycles. The van der Waals surface area contributed by atoms with Crippen LogP contribution in [0.2, 0.25) is 0 Å². The Hall–Kier alpha value is -2.91. The van der Waals surface area contributed by atoms with Gasteiger partial charge in [0, 0.05) is 30.1 Å². The van der Waals surface area contributed by atoms with Crippen molar-refractivity contribution in [2.75, 3.05) is 5.32 Å². The van der Waals surface area contributed by atoms with Crippen LogP contribution in [0.15, 0.2) is 57.6 Å². The molecule has 1 N–H and O–H groups in total. The fourth-order valence-electron chi connectivity index (χ4n) is 2.88. The SMILES string of the molecule is CC(=N/C=C\S)C(C)Oc1cc(F)ccc1Nc1ncnc2cc(N=S)cc(C)c12. The molecule has 9 heteroatoms. The van der Waals surface area contributed by atoms with Gasteiger partial charge < -0.3 is 10.1 Å². The smallest absolute Gasteiger partial charge is 0.146 e. The highest BCUT2D eigenvalue weighted by molar-refractivity contribution is 7.83. The van der Waals surface area contributed by atoms with Crippen molar-refractivity contribution in [1.82, 2.24) is 9.97 Å². The third-order valence-corrected chi connectivity index (χ3v) is 4.80. The Morgan fingerprint density at radius 3 is 2.83 bits per heavy atom. The molecule has 1 heterocycles. The van der Waals surface area contributed by atoms with Crippen LogP contribution in [0.4, 0.5) is 21.6 Å². The minimum Gasteiger partial charge on any atom is -0.482 e. The Labute approximate surface area is 184 Å². The lowest BCUT2D eigenvalue weighted by Crippen LogP contribution is -2.21. The first-order valence-corrected chi connectivity index (χ1v) is 9.96. The van der Waals surface area contributed by atoms with E-state index in [4.69, 9.17) is 17.2 Å². The van der Waals surface area contributed by atoms with Crippen molar-refractivity contribution < 1.29 is 9.13 Å². The molecule has 0 radical (unpaired) electrons. The molecule has 0 amide bonds. The molecule has 154 valence electrons. The molecule has 0 bridgehead atoms. The van der Waals surface area contributed by atoms with Crippen molar-refractivity contribution in [3.05, 3.63) is 59.6 Å². The molecule has 0 fully saturated rings. The first-order chi connectivity index (χ1) is 14.4. The van der Waals surface area contributed by atoms with E-state index in [1.54, 1.807) is 18.3 Å². The van der Waals surface area contributed by atoms with Crippen molar-refractivity contribution in [3.8, 4) is 5.75 Å². The second kappa shape index (κ2) is 9.73.